The van der Waals surface area contributed by atoms with Gasteiger partial charge in [-0.25, -0.2) is 18.6 Å². The normalized spacial score (nSPS) is 10.9. The molecule has 0 aliphatic carbocycles. The maximum absolute atomic E-state index is 8.49. The second kappa shape index (κ2) is 6.91. The van der Waals surface area contributed by atoms with E-state index in [0.717, 1.165) is 0 Å². The van der Waals surface area contributed by atoms with Gasteiger partial charge in [-0.05, 0) is 17.7 Å². The molecule has 0 spiro atoms. The summed E-state index contributed by atoms with van der Waals surface area (Å²) in [7, 11) is -4.94. The smallest absolute Gasteiger partial charge is 0.222 e. The van der Waals surface area contributed by atoms with E-state index in [1.165, 1.54) is 21.2 Å². The SMILES string of the molecule is [O-][Cl+3]([O-])([O-])[O-].c1ccc(-c2c[s+]c3ccccc3c2)cc1. The number of rotatable bonds is 1. The number of halogens is 1. The summed E-state index contributed by atoms with van der Waals surface area (Å²) in [5.74, 6) is 0. The largest absolute Gasteiger partial charge is 0.238 e. The molecule has 3 aromatic rings. The fraction of sp³-hybridized carbons (Fsp3) is 0. The molecule has 0 aliphatic heterocycles. The zero-order chi connectivity index (χ0) is 15.3. The average molecular weight is 323 g/mol. The van der Waals surface area contributed by atoms with Gasteiger partial charge in [-0.15, -0.1) is 10.2 Å². The van der Waals surface area contributed by atoms with Crippen molar-refractivity contribution in [1.29, 1.82) is 0 Å². The lowest BCUT2D eigenvalue weighted by Gasteiger charge is -2.17. The molecule has 6 heteroatoms. The quantitative estimate of drug-likeness (QED) is 0.594. The highest BCUT2D eigenvalue weighted by Gasteiger charge is 2.07. The highest BCUT2D eigenvalue weighted by molar-refractivity contribution is 7.16. The summed E-state index contributed by atoms with van der Waals surface area (Å²) in [6.07, 6.45) is 0. The highest BCUT2D eigenvalue weighted by atomic mass is 35.7. The Morgan fingerprint density at radius 1 is 0.714 bits per heavy atom. The first-order chi connectivity index (χ1) is 9.93. The Bertz CT molecular complexity index is 707. The van der Waals surface area contributed by atoms with Crippen molar-refractivity contribution in [2.24, 2.45) is 0 Å². The highest BCUT2D eigenvalue weighted by Crippen LogP contribution is 2.27. The van der Waals surface area contributed by atoms with Gasteiger partial charge in [0.25, 0.3) is 0 Å². The van der Waals surface area contributed by atoms with Crippen molar-refractivity contribution in [2.75, 3.05) is 0 Å². The van der Waals surface area contributed by atoms with Crippen LogP contribution in [0.4, 0.5) is 0 Å². The van der Waals surface area contributed by atoms with E-state index >= 15 is 0 Å². The second-order valence-corrected chi connectivity index (χ2v) is 5.78. The summed E-state index contributed by atoms with van der Waals surface area (Å²) in [6.45, 7) is 0. The van der Waals surface area contributed by atoms with E-state index in [9.17, 15) is 0 Å². The van der Waals surface area contributed by atoms with Gasteiger partial charge in [0.15, 0.2) is 0 Å². The molecule has 0 unspecified atom stereocenters. The lowest BCUT2D eigenvalue weighted by atomic mass is 10.1. The van der Waals surface area contributed by atoms with Gasteiger partial charge >= 0.3 is 0 Å². The maximum atomic E-state index is 8.49. The van der Waals surface area contributed by atoms with E-state index in [0.29, 0.717) is 0 Å². The number of hydrogen-bond donors (Lipinski definition) is 0. The van der Waals surface area contributed by atoms with E-state index in [2.05, 4.69) is 60.0 Å². The molecule has 0 radical (unpaired) electrons. The van der Waals surface area contributed by atoms with E-state index in [-0.39, 0.29) is 0 Å². The van der Waals surface area contributed by atoms with Crippen LogP contribution in [-0.2, 0) is 0 Å². The fourth-order valence-electron chi connectivity index (χ4n) is 1.82. The molecule has 0 aliphatic rings. The molecule has 0 saturated heterocycles. The molecule has 1 heterocycles. The zero-order valence-electron chi connectivity index (χ0n) is 10.8. The topological polar surface area (TPSA) is 92.2 Å². The van der Waals surface area contributed by atoms with Crippen LogP contribution in [0, 0.1) is 10.2 Å². The lowest BCUT2D eigenvalue weighted by molar-refractivity contribution is -2.00. The van der Waals surface area contributed by atoms with E-state index in [4.69, 9.17) is 18.6 Å². The predicted octanol–water partition coefficient (Wildman–Crippen LogP) is 0.0934. The Morgan fingerprint density at radius 3 is 1.95 bits per heavy atom. The lowest BCUT2D eigenvalue weighted by Crippen LogP contribution is -2.68. The molecule has 0 fully saturated rings. The van der Waals surface area contributed by atoms with Crippen molar-refractivity contribution in [3.05, 3.63) is 66.0 Å². The first kappa shape index (κ1) is 15.8. The van der Waals surface area contributed by atoms with Gasteiger partial charge in [0.1, 0.15) is 0 Å². The zero-order valence-corrected chi connectivity index (χ0v) is 12.3. The maximum Gasteiger partial charge on any atom is 0.238 e. The number of benzene rings is 2. The van der Waals surface area contributed by atoms with Crippen LogP contribution in [-0.4, -0.2) is 0 Å². The number of hydrogen-bond acceptors (Lipinski definition) is 4. The third-order valence-electron chi connectivity index (χ3n) is 2.65. The van der Waals surface area contributed by atoms with Crippen molar-refractivity contribution in [3.8, 4) is 11.1 Å². The molecular formula is C15H11ClO4S. The summed E-state index contributed by atoms with van der Waals surface area (Å²) < 4.78 is 35.3. The molecule has 0 atom stereocenters. The minimum absolute atomic E-state index is 1.28. The first-order valence-corrected chi connectivity index (χ1v) is 8.03. The predicted molar refractivity (Wildman–Crippen MR) is 71.7 cm³/mol. The van der Waals surface area contributed by atoms with Gasteiger partial charge in [-0.1, -0.05) is 42.5 Å². The van der Waals surface area contributed by atoms with E-state index in [1.807, 2.05) is 6.07 Å². The fourth-order valence-corrected chi connectivity index (χ4v) is 2.70. The van der Waals surface area contributed by atoms with Crippen LogP contribution in [0.25, 0.3) is 21.2 Å². The summed E-state index contributed by atoms with van der Waals surface area (Å²) in [5.41, 5.74) is 2.58. The van der Waals surface area contributed by atoms with Crippen LogP contribution in [0.1, 0.15) is 0 Å². The van der Waals surface area contributed by atoms with Crippen molar-refractivity contribution in [1.82, 2.24) is 0 Å². The van der Waals surface area contributed by atoms with Gasteiger partial charge in [-0.3, -0.25) is 0 Å². The molecule has 2 aromatic carbocycles. The average Bonchev–Trinajstić information content (AvgIpc) is 2.46. The molecule has 0 amide bonds. The Balaban J connectivity index is 0.000000282. The second-order valence-electron chi connectivity index (χ2n) is 4.12. The summed E-state index contributed by atoms with van der Waals surface area (Å²) in [6, 6.07) is 21.3. The number of fused-ring (bicyclic) bond motifs is 1. The van der Waals surface area contributed by atoms with Gasteiger partial charge in [0, 0.05) is 17.0 Å². The summed E-state index contributed by atoms with van der Waals surface area (Å²) in [5, 5.41) is 3.53. The Labute approximate surface area is 127 Å². The first-order valence-electron chi connectivity index (χ1n) is 5.91. The Kier molecular flexibility index (Phi) is 5.19. The van der Waals surface area contributed by atoms with Crippen molar-refractivity contribution in [2.45, 2.75) is 0 Å². The van der Waals surface area contributed by atoms with Crippen LogP contribution < -0.4 is 18.6 Å². The van der Waals surface area contributed by atoms with Gasteiger partial charge < -0.3 is 0 Å². The van der Waals surface area contributed by atoms with E-state index in [1.54, 1.807) is 11.3 Å². The monoisotopic (exact) mass is 322 g/mol. The molecule has 0 N–H and O–H groups in total. The van der Waals surface area contributed by atoms with Crippen molar-refractivity contribution >= 4 is 21.4 Å². The van der Waals surface area contributed by atoms with Gasteiger partial charge in [-0.2, -0.15) is 0 Å². The van der Waals surface area contributed by atoms with Crippen LogP contribution in [0.3, 0.4) is 0 Å². The van der Waals surface area contributed by atoms with Gasteiger partial charge in [0.2, 0.25) is 21.4 Å². The minimum Gasteiger partial charge on any atom is -0.222 e. The Morgan fingerprint density at radius 2 is 1.29 bits per heavy atom. The third-order valence-corrected chi connectivity index (χ3v) is 3.65. The molecule has 21 heavy (non-hydrogen) atoms. The molecule has 0 bridgehead atoms. The van der Waals surface area contributed by atoms with Crippen LogP contribution in [0.2, 0.25) is 0 Å². The molecule has 4 nitrogen and oxygen atoms in total. The standard InChI is InChI=1S/C15H11S.ClHO4/c1-2-6-12(7-3-1)14-10-13-8-4-5-9-15(13)16-11-14;2-1(3,4)5/h1-11H;(H,2,3,4,5)/q+1;/p-1. The van der Waals surface area contributed by atoms with Gasteiger partial charge in [0.05, 0.1) is 0 Å². The van der Waals surface area contributed by atoms with Crippen LogP contribution >= 0.6 is 11.3 Å². The van der Waals surface area contributed by atoms with Crippen LogP contribution in [0.5, 0.6) is 0 Å². The van der Waals surface area contributed by atoms with E-state index < -0.39 is 10.2 Å². The molecule has 0 saturated carbocycles. The molecule has 108 valence electrons. The van der Waals surface area contributed by atoms with Crippen molar-refractivity contribution in [3.63, 3.8) is 0 Å². The van der Waals surface area contributed by atoms with Crippen LogP contribution in [0.15, 0.2) is 66.0 Å². The molecular weight excluding hydrogens is 312 g/mol. The summed E-state index contributed by atoms with van der Waals surface area (Å²) >= 11 is 1.80. The molecule has 1 aromatic heterocycles. The minimum atomic E-state index is -4.94. The molecule has 3 rings (SSSR count). The Hall–Kier alpha value is -1.60. The summed E-state index contributed by atoms with van der Waals surface area (Å²) in [4.78, 5) is 0. The van der Waals surface area contributed by atoms with Crippen molar-refractivity contribution < 1.29 is 28.9 Å². The third kappa shape index (κ3) is 5.35.